The van der Waals surface area contributed by atoms with Crippen LogP contribution in [0, 0.1) is 0 Å². The fraction of sp³-hybridized carbons (Fsp3) is 0.333. The molecule has 2 aliphatic rings. The van der Waals surface area contributed by atoms with Gasteiger partial charge in [0.15, 0.2) is 5.60 Å². The van der Waals surface area contributed by atoms with E-state index >= 15 is 0 Å². The van der Waals surface area contributed by atoms with Crippen molar-refractivity contribution < 1.29 is 14.6 Å². The summed E-state index contributed by atoms with van der Waals surface area (Å²) in [7, 11) is 0. The van der Waals surface area contributed by atoms with Crippen molar-refractivity contribution in [3.8, 4) is 5.75 Å². The Labute approximate surface area is 129 Å². The molecule has 0 unspecified atom stereocenters. The molecule has 0 amide bonds. The van der Waals surface area contributed by atoms with Gasteiger partial charge in [0.2, 0.25) is 0 Å². The molecule has 114 valence electrons. The Bertz CT molecular complexity index is 660. The lowest BCUT2D eigenvalue weighted by atomic mass is 9.82. The van der Waals surface area contributed by atoms with Gasteiger partial charge < -0.3 is 19.9 Å². The standard InChI is InChI=1S/C18H19NO3/c20-16-10-11-22-18(16)12-21-15-9-5-4-8-14(15)17(18)19-13-6-2-1-3-7-13/h1-9,16-17,19-20H,10-12H2/t16-,17-,18-/m1/s1. The summed E-state index contributed by atoms with van der Waals surface area (Å²) in [5, 5.41) is 14.1. The van der Waals surface area contributed by atoms with Gasteiger partial charge in [-0.05, 0) is 24.6 Å². The highest BCUT2D eigenvalue weighted by molar-refractivity contribution is 5.51. The second kappa shape index (κ2) is 5.30. The van der Waals surface area contributed by atoms with Crippen molar-refractivity contribution in [2.75, 3.05) is 18.5 Å². The van der Waals surface area contributed by atoms with Gasteiger partial charge in [-0.25, -0.2) is 0 Å². The summed E-state index contributed by atoms with van der Waals surface area (Å²) < 4.78 is 11.9. The van der Waals surface area contributed by atoms with Crippen molar-refractivity contribution in [2.24, 2.45) is 0 Å². The lowest BCUT2D eigenvalue weighted by molar-refractivity contribution is -0.105. The van der Waals surface area contributed by atoms with Crippen LogP contribution in [0.3, 0.4) is 0 Å². The first-order valence-electron chi connectivity index (χ1n) is 7.65. The maximum Gasteiger partial charge on any atom is 0.152 e. The van der Waals surface area contributed by atoms with Crippen LogP contribution < -0.4 is 10.1 Å². The molecule has 2 aliphatic heterocycles. The molecule has 22 heavy (non-hydrogen) atoms. The number of rotatable bonds is 2. The second-order valence-corrected chi connectivity index (χ2v) is 5.88. The minimum absolute atomic E-state index is 0.141. The van der Waals surface area contributed by atoms with Crippen LogP contribution >= 0.6 is 0 Å². The first-order valence-corrected chi connectivity index (χ1v) is 7.65. The number of anilines is 1. The predicted octanol–water partition coefficient (Wildman–Crippen LogP) is 2.75. The third-order valence-corrected chi connectivity index (χ3v) is 4.58. The molecule has 3 atom stereocenters. The van der Waals surface area contributed by atoms with Crippen molar-refractivity contribution in [3.05, 3.63) is 60.2 Å². The number of benzene rings is 2. The van der Waals surface area contributed by atoms with Gasteiger partial charge in [0.05, 0.1) is 18.8 Å². The Morgan fingerprint density at radius 1 is 1.05 bits per heavy atom. The molecule has 4 nitrogen and oxygen atoms in total. The second-order valence-electron chi connectivity index (χ2n) is 5.88. The van der Waals surface area contributed by atoms with Crippen LogP contribution in [0.25, 0.3) is 0 Å². The molecule has 0 radical (unpaired) electrons. The summed E-state index contributed by atoms with van der Waals surface area (Å²) in [6, 6.07) is 17.8. The van der Waals surface area contributed by atoms with Crippen LogP contribution in [0.5, 0.6) is 5.75 Å². The SMILES string of the molecule is O[C@@H]1CCO[C@]12COc1ccccc1[C@H]2Nc1ccccc1. The molecule has 2 heterocycles. The van der Waals surface area contributed by atoms with E-state index in [1.807, 2.05) is 54.6 Å². The van der Waals surface area contributed by atoms with Gasteiger partial charge in [0, 0.05) is 11.3 Å². The van der Waals surface area contributed by atoms with Gasteiger partial charge in [-0.2, -0.15) is 0 Å². The van der Waals surface area contributed by atoms with Gasteiger partial charge in [-0.15, -0.1) is 0 Å². The van der Waals surface area contributed by atoms with Crippen LogP contribution in [-0.4, -0.2) is 30.0 Å². The van der Waals surface area contributed by atoms with E-state index in [9.17, 15) is 5.11 Å². The van der Waals surface area contributed by atoms with Crippen molar-refractivity contribution >= 4 is 5.69 Å². The van der Waals surface area contributed by atoms with Crippen molar-refractivity contribution in [2.45, 2.75) is 24.2 Å². The molecule has 0 aliphatic carbocycles. The number of ether oxygens (including phenoxy) is 2. The molecule has 1 fully saturated rings. The molecule has 1 saturated heterocycles. The summed E-state index contributed by atoms with van der Waals surface area (Å²) in [6.07, 6.45) is 0.0976. The van der Waals surface area contributed by atoms with E-state index in [0.717, 1.165) is 17.0 Å². The molecule has 0 saturated carbocycles. The first-order chi connectivity index (χ1) is 10.8. The smallest absolute Gasteiger partial charge is 0.152 e. The zero-order valence-electron chi connectivity index (χ0n) is 12.2. The Morgan fingerprint density at radius 2 is 1.82 bits per heavy atom. The fourth-order valence-electron chi connectivity index (χ4n) is 3.40. The molecule has 4 heteroatoms. The van der Waals surface area contributed by atoms with E-state index < -0.39 is 11.7 Å². The summed E-state index contributed by atoms with van der Waals surface area (Å²) in [5.74, 6) is 0.851. The van der Waals surface area contributed by atoms with E-state index in [0.29, 0.717) is 19.6 Å². The monoisotopic (exact) mass is 297 g/mol. The summed E-state index contributed by atoms with van der Waals surface area (Å²) in [4.78, 5) is 0. The summed E-state index contributed by atoms with van der Waals surface area (Å²) >= 11 is 0. The van der Waals surface area contributed by atoms with E-state index in [1.54, 1.807) is 0 Å². The van der Waals surface area contributed by atoms with Crippen molar-refractivity contribution in [1.82, 2.24) is 0 Å². The van der Waals surface area contributed by atoms with Gasteiger partial charge in [0.1, 0.15) is 12.4 Å². The van der Waals surface area contributed by atoms with Crippen LogP contribution in [-0.2, 0) is 4.74 Å². The zero-order chi connectivity index (χ0) is 15.0. The molecule has 1 spiro atoms. The minimum Gasteiger partial charge on any atom is -0.490 e. The highest BCUT2D eigenvalue weighted by atomic mass is 16.6. The fourth-order valence-corrected chi connectivity index (χ4v) is 3.40. The van der Waals surface area contributed by atoms with E-state index in [1.165, 1.54) is 0 Å². The molecule has 2 N–H and O–H groups in total. The molecule has 0 aromatic heterocycles. The lowest BCUT2D eigenvalue weighted by Gasteiger charge is -2.43. The maximum atomic E-state index is 10.5. The van der Waals surface area contributed by atoms with Gasteiger partial charge in [0.25, 0.3) is 0 Å². The van der Waals surface area contributed by atoms with Gasteiger partial charge in [-0.3, -0.25) is 0 Å². The number of fused-ring (bicyclic) bond motifs is 1. The molecular formula is C18H19NO3. The normalized spacial score (nSPS) is 29.9. The maximum absolute atomic E-state index is 10.5. The Kier molecular flexibility index (Phi) is 3.28. The van der Waals surface area contributed by atoms with Crippen molar-refractivity contribution in [1.29, 1.82) is 0 Å². The Hall–Kier alpha value is -2.04. The summed E-state index contributed by atoms with van der Waals surface area (Å²) in [6.45, 7) is 0.912. The third-order valence-electron chi connectivity index (χ3n) is 4.58. The Morgan fingerprint density at radius 3 is 2.59 bits per heavy atom. The number of aliphatic hydroxyl groups excluding tert-OH is 1. The Balaban J connectivity index is 1.77. The highest BCUT2D eigenvalue weighted by Crippen LogP contribution is 2.46. The van der Waals surface area contributed by atoms with E-state index in [-0.39, 0.29) is 6.04 Å². The third kappa shape index (κ3) is 2.07. The zero-order valence-corrected chi connectivity index (χ0v) is 12.2. The molecule has 2 aromatic carbocycles. The molecular weight excluding hydrogens is 278 g/mol. The lowest BCUT2D eigenvalue weighted by Crippen LogP contribution is -2.54. The average molecular weight is 297 g/mol. The topological polar surface area (TPSA) is 50.7 Å². The minimum atomic E-state index is -0.732. The number of para-hydroxylation sites is 2. The van der Waals surface area contributed by atoms with Crippen LogP contribution in [0.4, 0.5) is 5.69 Å². The summed E-state index contributed by atoms with van der Waals surface area (Å²) in [5.41, 5.74) is 1.30. The number of hydrogen-bond donors (Lipinski definition) is 2. The quantitative estimate of drug-likeness (QED) is 0.895. The van der Waals surface area contributed by atoms with E-state index in [4.69, 9.17) is 9.47 Å². The number of aliphatic hydroxyl groups is 1. The molecule has 0 bridgehead atoms. The number of nitrogens with one attached hydrogen (secondary N) is 1. The van der Waals surface area contributed by atoms with Gasteiger partial charge >= 0.3 is 0 Å². The van der Waals surface area contributed by atoms with Crippen LogP contribution in [0.2, 0.25) is 0 Å². The van der Waals surface area contributed by atoms with Gasteiger partial charge in [-0.1, -0.05) is 36.4 Å². The van der Waals surface area contributed by atoms with Crippen molar-refractivity contribution in [3.63, 3.8) is 0 Å². The molecule has 2 aromatic rings. The van der Waals surface area contributed by atoms with Crippen LogP contribution in [0.15, 0.2) is 54.6 Å². The van der Waals surface area contributed by atoms with E-state index in [2.05, 4.69) is 5.32 Å². The predicted molar refractivity (Wildman–Crippen MR) is 84.0 cm³/mol. The highest BCUT2D eigenvalue weighted by Gasteiger charge is 2.54. The average Bonchev–Trinajstić information content (AvgIpc) is 2.93. The number of hydrogen-bond acceptors (Lipinski definition) is 4. The largest absolute Gasteiger partial charge is 0.490 e. The van der Waals surface area contributed by atoms with Crippen LogP contribution in [0.1, 0.15) is 18.0 Å². The molecule has 4 rings (SSSR count). The first kappa shape index (κ1) is 13.6.